The Morgan fingerprint density at radius 1 is 1.00 bits per heavy atom. The van der Waals surface area contributed by atoms with Crippen molar-refractivity contribution in [3.63, 3.8) is 0 Å². The van der Waals surface area contributed by atoms with Crippen LogP contribution in [0, 0.1) is 0 Å². The van der Waals surface area contributed by atoms with Gasteiger partial charge >= 0.3 is 0 Å². The van der Waals surface area contributed by atoms with Crippen molar-refractivity contribution in [2.45, 2.75) is 57.9 Å². The van der Waals surface area contributed by atoms with Gasteiger partial charge < -0.3 is 10.5 Å². The molecule has 5 nitrogen and oxygen atoms in total. The van der Waals surface area contributed by atoms with Gasteiger partial charge in [0.25, 0.3) is 0 Å². The summed E-state index contributed by atoms with van der Waals surface area (Å²) in [5, 5.41) is 0. The van der Waals surface area contributed by atoms with Crippen LogP contribution in [-0.2, 0) is 33.7 Å². The van der Waals surface area contributed by atoms with Crippen molar-refractivity contribution in [1.29, 1.82) is 0 Å². The lowest BCUT2D eigenvalue weighted by Gasteiger charge is -2.05. The van der Waals surface area contributed by atoms with Crippen LogP contribution in [0.1, 0.15) is 49.3 Å². The molecule has 1 unspecified atom stereocenters. The molecule has 1 atom stereocenters. The van der Waals surface area contributed by atoms with Crippen molar-refractivity contribution in [3.8, 4) is 0 Å². The predicted octanol–water partition coefficient (Wildman–Crippen LogP) is 3.78. The highest BCUT2D eigenvalue weighted by atomic mass is 16.6. The largest absolute Gasteiger partial charge is 0.322 e. The van der Waals surface area contributed by atoms with Crippen LogP contribution in [0.5, 0.6) is 0 Å². The van der Waals surface area contributed by atoms with E-state index < -0.39 is 0 Å². The second kappa shape index (κ2) is 15.4. The lowest BCUT2D eigenvalue weighted by Crippen LogP contribution is -2.23. The maximum Gasteiger partial charge on any atom is 0.247 e. The van der Waals surface area contributed by atoms with Crippen LogP contribution in [0.4, 0.5) is 0 Å². The molecule has 0 saturated carbocycles. The molecule has 0 saturated heterocycles. The van der Waals surface area contributed by atoms with Gasteiger partial charge in [0.2, 0.25) is 5.91 Å². The Morgan fingerprint density at radius 2 is 1.55 bits per heavy atom. The highest BCUT2D eigenvalue weighted by Crippen LogP contribution is 2.11. The summed E-state index contributed by atoms with van der Waals surface area (Å²) < 4.78 is 0. The third kappa shape index (κ3) is 11.8. The van der Waals surface area contributed by atoms with E-state index in [1.807, 2.05) is 19.1 Å². The molecule has 5 heteroatoms. The summed E-state index contributed by atoms with van der Waals surface area (Å²) in [7, 11) is 1.44. The van der Waals surface area contributed by atoms with E-state index >= 15 is 0 Å². The molecule has 0 bridgehead atoms. The zero-order chi connectivity index (χ0) is 21.3. The molecule has 0 spiro atoms. The summed E-state index contributed by atoms with van der Waals surface area (Å²) in [6, 6.07) is 18.6. The number of carbonyl (C=O) groups excluding carboxylic acids is 2. The standard InChI is InChI=1S/C19H23NO2.C5H11NO/c1-22-20-19(21)15-18-13-11-17(12-14-18)10-6-5-9-16-7-3-2-4-8-16;1-2-3-5(6)4-7/h2-4,7-8,11-14H,5-6,9-10,15H2,1H3,(H,20,21);4-5H,2-3,6H2,1H3. The molecule has 0 aliphatic carbocycles. The Morgan fingerprint density at radius 3 is 2.03 bits per heavy atom. The summed E-state index contributed by atoms with van der Waals surface area (Å²) in [5.74, 6) is -0.127. The van der Waals surface area contributed by atoms with E-state index in [0.29, 0.717) is 6.42 Å². The Hall–Kier alpha value is -2.50. The third-order valence-electron chi connectivity index (χ3n) is 4.42. The molecule has 0 aromatic heterocycles. The summed E-state index contributed by atoms with van der Waals surface area (Å²) in [4.78, 5) is 25.8. The van der Waals surface area contributed by atoms with E-state index in [1.165, 1.54) is 31.1 Å². The molecule has 0 aliphatic heterocycles. The minimum Gasteiger partial charge on any atom is -0.322 e. The van der Waals surface area contributed by atoms with Gasteiger partial charge in [-0.05, 0) is 48.8 Å². The van der Waals surface area contributed by atoms with Crippen molar-refractivity contribution in [1.82, 2.24) is 5.48 Å². The first kappa shape index (κ1) is 24.5. The first-order valence-corrected chi connectivity index (χ1v) is 10.2. The molecule has 2 aromatic carbocycles. The average Bonchev–Trinajstić information content (AvgIpc) is 2.74. The lowest BCUT2D eigenvalue weighted by atomic mass is 10.0. The van der Waals surface area contributed by atoms with Crippen LogP contribution in [0.2, 0.25) is 0 Å². The molecule has 0 fully saturated rings. The van der Waals surface area contributed by atoms with Gasteiger partial charge in [0.05, 0.1) is 19.6 Å². The molecule has 1 amide bonds. The van der Waals surface area contributed by atoms with Crippen LogP contribution in [0.25, 0.3) is 0 Å². The van der Waals surface area contributed by atoms with E-state index in [0.717, 1.165) is 37.5 Å². The van der Waals surface area contributed by atoms with Crippen molar-refractivity contribution in [2.75, 3.05) is 7.11 Å². The fourth-order valence-corrected chi connectivity index (χ4v) is 2.86. The number of hydrogen-bond donors (Lipinski definition) is 2. The quantitative estimate of drug-likeness (QED) is 0.343. The van der Waals surface area contributed by atoms with Gasteiger partial charge in [-0.2, -0.15) is 0 Å². The number of carbonyl (C=O) groups is 2. The summed E-state index contributed by atoms with van der Waals surface area (Å²) >= 11 is 0. The van der Waals surface area contributed by atoms with Gasteiger partial charge in [0, 0.05) is 0 Å². The summed E-state index contributed by atoms with van der Waals surface area (Å²) in [5.41, 5.74) is 11.3. The van der Waals surface area contributed by atoms with E-state index in [1.54, 1.807) is 0 Å². The number of hydroxylamine groups is 1. The monoisotopic (exact) mass is 398 g/mol. The Balaban J connectivity index is 0.000000516. The molecule has 2 aromatic rings. The Labute approximate surface area is 174 Å². The van der Waals surface area contributed by atoms with Gasteiger partial charge in [-0.1, -0.05) is 67.9 Å². The number of rotatable bonds is 11. The van der Waals surface area contributed by atoms with E-state index in [-0.39, 0.29) is 11.9 Å². The number of aldehydes is 1. The number of benzene rings is 2. The molecule has 3 N–H and O–H groups in total. The molecule has 0 aliphatic rings. The minimum absolute atomic E-state index is 0.127. The summed E-state index contributed by atoms with van der Waals surface area (Å²) in [6.45, 7) is 2.00. The molecular formula is C24H34N2O3. The fraction of sp³-hybridized carbons (Fsp3) is 0.417. The van der Waals surface area contributed by atoms with Crippen LogP contribution >= 0.6 is 0 Å². The van der Waals surface area contributed by atoms with Gasteiger partial charge in [-0.3, -0.25) is 9.63 Å². The first-order valence-electron chi connectivity index (χ1n) is 10.2. The Bertz CT molecular complexity index is 687. The molecule has 2 rings (SSSR count). The van der Waals surface area contributed by atoms with Gasteiger partial charge in [-0.15, -0.1) is 0 Å². The van der Waals surface area contributed by atoms with Crippen molar-refractivity contribution in [2.24, 2.45) is 5.73 Å². The summed E-state index contributed by atoms with van der Waals surface area (Å²) in [6.07, 6.45) is 7.52. The molecule has 0 radical (unpaired) electrons. The number of nitrogens with one attached hydrogen (secondary N) is 1. The Kier molecular flexibility index (Phi) is 13.1. The maximum absolute atomic E-state index is 11.4. The number of amides is 1. The van der Waals surface area contributed by atoms with Gasteiger partial charge in [0.15, 0.2) is 0 Å². The van der Waals surface area contributed by atoms with E-state index in [2.05, 4.69) is 52.8 Å². The highest BCUT2D eigenvalue weighted by molar-refractivity contribution is 5.77. The predicted molar refractivity (Wildman–Crippen MR) is 117 cm³/mol. The van der Waals surface area contributed by atoms with Crippen LogP contribution in [0.15, 0.2) is 54.6 Å². The smallest absolute Gasteiger partial charge is 0.247 e. The van der Waals surface area contributed by atoms with E-state index in [4.69, 9.17) is 5.73 Å². The van der Waals surface area contributed by atoms with Crippen molar-refractivity contribution in [3.05, 3.63) is 71.3 Å². The third-order valence-corrected chi connectivity index (χ3v) is 4.42. The highest BCUT2D eigenvalue weighted by Gasteiger charge is 2.02. The fourth-order valence-electron chi connectivity index (χ4n) is 2.86. The number of nitrogens with two attached hydrogens (primary N) is 1. The zero-order valence-electron chi connectivity index (χ0n) is 17.6. The normalized spacial score (nSPS) is 11.1. The number of hydrogen-bond acceptors (Lipinski definition) is 4. The molecule has 0 heterocycles. The SMILES string of the molecule is CCCC(N)C=O.CONC(=O)Cc1ccc(CCCCc2ccccc2)cc1. The van der Waals surface area contributed by atoms with E-state index in [9.17, 15) is 9.59 Å². The van der Waals surface area contributed by atoms with Crippen molar-refractivity contribution >= 4 is 12.2 Å². The minimum atomic E-state index is -0.231. The van der Waals surface area contributed by atoms with Crippen molar-refractivity contribution < 1.29 is 14.4 Å². The van der Waals surface area contributed by atoms with Gasteiger partial charge in [0.1, 0.15) is 6.29 Å². The second-order valence-corrected chi connectivity index (χ2v) is 7.00. The molecule has 158 valence electrons. The van der Waals surface area contributed by atoms with Gasteiger partial charge in [-0.25, -0.2) is 5.48 Å². The first-order chi connectivity index (χ1) is 14.1. The maximum atomic E-state index is 11.4. The lowest BCUT2D eigenvalue weighted by molar-refractivity contribution is -0.130. The van der Waals surface area contributed by atoms with Crippen LogP contribution in [0.3, 0.4) is 0 Å². The topological polar surface area (TPSA) is 81.4 Å². The molecule has 29 heavy (non-hydrogen) atoms. The molecular weight excluding hydrogens is 364 g/mol. The number of aryl methyl sites for hydroxylation is 2. The number of unbranched alkanes of at least 4 members (excludes halogenated alkanes) is 1. The van der Waals surface area contributed by atoms with Crippen LogP contribution < -0.4 is 11.2 Å². The van der Waals surface area contributed by atoms with Crippen LogP contribution in [-0.4, -0.2) is 25.3 Å². The zero-order valence-corrected chi connectivity index (χ0v) is 17.6. The average molecular weight is 399 g/mol. The second-order valence-electron chi connectivity index (χ2n) is 7.00.